The van der Waals surface area contributed by atoms with Crippen molar-refractivity contribution >= 4 is 45.6 Å². The van der Waals surface area contributed by atoms with Crippen LogP contribution in [0.3, 0.4) is 0 Å². The Labute approximate surface area is 330 Å². The maximum atomic E-state index is 15.4. The Hall–Kier alpha value is -4.96. The number of carbonyl (C=O) groups is 4. The highest BCUT2D eigenvalue weighted by Gasteiger charge is 2.43. The summed E-state index contributed by atoms with van der Waals surface area (Å²) in [7, 11) is 3.29. The Kier molecular flexibility index (Phi) is 12.6. The molecule has 2 saturated heterocycles. The fourth-order valence-electron chi connectivity index (χ4n) is 8.33. The van der Waals surface area contributed by atoms with Gasteiger partial charge in [-0.1, -0.05) is 27.7 Å². The molecule has 2 aliphatic rings. The molecule has 5 unspecified atom stereocenters. The zero-order valence-electron chi connectivity index (χ0n) is 33.5. The van der Waals surface area contributed by atoms with Crippen molar-refractivity contribution in [3.63, 3.8) is 0 Å². The van der Waals surface area contributed by atoms with Gasteiger partial charge in [-0.05, 0) is 81.1 Å². The van der Waals surface area contributed by atoms with E-state index >= 15 is 4.39 Å². The van der Waals surface area contributed by atoms with Gasteiger partial charge in [0.25, 0.3) is 0 Å². The normalized spacial score (nSPS) is 19.7. The van der Waals surface area contributed by atoms with Gasteiger partial charge in [0.05, 0.1) is 42.4 Å². The van der Waals surface area contributed by atoms with E-state index in [1.54, 1.807) is 26.2 Å². The van der Waals surface area contributed by atoms with Crippen LogP contribution in [-0.2, 0) is 32.1 Å². The minimum atomic E-state index is -1.32. The first-order chi connectivity index (χ1) is 27.1. The van der Waals surface area contributed by atoms with Crippen LogP contribution in [0.2, 0.25) is 0 Å². The summed E-state index contributed by atoms with van der Waals surface area (Å²) in [6, 6.07) is 6.11. The van der Waals surface area contributed by atoms with Crippen LogP contribution in [0.1, 0.15) is 58.9 Å². The molecule has 2 fully saturated rings. The number of nitrogens with one attached hydrogen (secondary N) is 5. The molecule has 5 atom stereocenters. The third kappa shape index (κ3) is 8.96. The molecule has 0 spiro atoms. The number of likely N-dealkylation sites (tertiary alicyclic amines) is 2. The van der Waals surface area contributed by atoms with E-state index in [2.05, 4.69) is 26.3 Å². The fraction of sp³-hybridized carbons (Fsp3) is 0.537. The van der Waals surface area contributed by atoms with Crippen LogP contribution in [0.4, 0.5) is 13.2 Å². The van der Waals surface area contributed by atoms with Crippen molar-refractivity contribution in [3.05, 3.63) is 53.6 Å². The van der Waals surface area contributed by atoms with Crippen molar-refractivity contribution < 1.29 is 32.3 Å². The maximum absolute atomic E-state index is 15.4. The molecule has 6 rings (SSSR count). The van der Waals surface area contributed by atoms with E-state index in [4.69, 9.17) is 4.98 Å². The minimum absolute atomic E-state index is 0.00586. The molecule has 4 heterocycles. The number of hydrogen-bond donors (Lipinski definition) is 5. The number of alkyl halides is 1. The number of nitrogens with zero attached hydrogens (tertiary/aromatic N) is 4. The zero-order chi connectivity index (χ0) is 41.2. The molecule has 16 heteroatoms. The highest BCUT2D eigenvalue weighted by Crippen LogP contribution is 2.37. The van der Waals surface area contributed by atoms with Crippen molar-refractivity contribution in [2.75, 3.05) is 40.3 Å². The highest BCUT2D eigenvalue weighted by atomic mass is 19.1. The van der Waals surface area contributed by atoms with E-state index in [-0.39, 0.29) is 56.4 Å². The van der Waals surface area contributed by atoms with Crippen LogP contribution < -0.4 is 21.3 Å². The van der Waals surface area contributed by atoms with Crippen LogP contribution in [0, 0.1) is 17.0 Å². The van der Waals surface area contributed by atoms with Crippen LogP contribution in [0.5, 0.6) is 0 Å². The quantitative estimate of drug-likeness (QED) is 0.130. The zero-order valence-corrected chi connectivity index (χ0v) is 33.5. The van der Waals surface area contributed by atoms with Crippen LogP contribution >= 0.6 is 0 Å². The highest BCUT2D eigenvalue weighted by molar-refractivity contribution is 5.93. The predicted octanol–water partition coefficient (Wildman–Crippen LogP) is 3.80. The molecule has 4 amide bonds. The molecular weight excluding hydrogens is 740 g/mol. The molecule has 2 aliphatic heterocycles. The molecule has 2 aromatic heterocycles. The number of fused-ring (bicyclic) bond motifs is 2. The number of carbonyl (C=O) groups excluding carboxylic acids is 4. The van der Waals surface area contributed by atoms with Gasteiger partial charge in [0.15, 0.2) is 5.82 Å². The molecule has 0 saturated carbocycles. The number of likely N-dealkylation sites (N-methyl/N-ethyl adjacent to an activating group) is 2. The van der Waals surface area contributed by atoms with Gasteiger partial charge in [-0.3, -0.25) is 19.2 Å². The lowest BCUT2D eigenvalue weighted by Gasteiger charge is -2.36. The first kappa shape index (κ1) is 41.7. The second-order valence-corrected chi connectivity index (χ2v) is 16.3. The Bertz CT molecular complexity index is 2130. The summed E-state index contributed by atoms with van der Waals surface area (Å²) in [5.74, 6) is -1.81. The smallest absolute Gasteiger partial charge is 0.246 e. The number of amides is 4. The second-order valence-electron chi connectivity index (χ2n) is 16.3. The van der Waals surface area contributed by atoms with Gasteiger partial charge in [0.2, 0.25) is 23.6 Å². The lowest BCUT2D eigenvalue weighted by molar-refractivity contribution is -0.140. The van der Waals surface area contributed by atoms with Gasteiger partial charge >= 0.3 is 0 Å². The minimum Gasteiger partial charge on any atom is -0.352 e. The van der Waals surface area contributed by atoms with Gasteiger partial charge in [-0.15, -0.1) is 0 Å². The molecule has 308 valence electrons. The standard InChI is InChI=1S/C41H54F3N9O4/c1-7-30(47-34(54)19-45-5)39(56)51-14-8-9-26(51)18-29-28-12-10-23(42)16-31(28)48-36(29)38-49-32-17-24(43)11-13-33(32)53(38)22-27-15-25(44)21-52(27)40(57)37(41(2,3)4)50-35(55)20-46-6/h10-13,16-17,25-27,30,37,45-46,48H,7-9,14-15,18-22H2,1-6H3,(H,47,54)(H,50,55). The molecule has 13 nitrogen and oxygen atoms in total. The number of aromatic nitrogens is 3. The molecule has 57 heavy (non-hydrogen) atoms. The third-order valence-corrected chi connectivity index (χ3v) is 11.1. The number of benzene rings is 2. The summed E-state index contributed by atoms with van der Waals surface area (Å²) in [5.41, 5.74) is 1.98. The fourth-order valence-corrected chi connectivity index (χ4v) is 8.33. The van der Waals surface area contributed by atoms with E-state index in [1.165, 1.54) is 29.2 Å². The van der Waals surface area contributed by atoms with Crippen molar-refractivity contribution in [1.29, 1.82) is 0 Å². The van der Waals surface area contributed by atoms with Crippen molar-refractivity contribution in [1.82, 2.24) is 45.6 Å². The van der Waals surface area contributed by atoms with Gasteiger partial charge in [-0.2, -0.15) is 0 Å². The van der Waals surface area contributed by atoms with Gasteiger partial charge in [0.1, 0.15) is 29.9 Å². The second kappa shape index (κ2) is 17.3. The summed E-state index contributed by atoms with van der Waals surface area (Å²) in [4.78, 5) is 64.9. The molecule has 2 aromatic carbocycles. The number of hydrogen-bond acceptors (Lipinski definition) is 7. The monoisotopic (exact) mass is 793 g/mol. The first-order valence-electron chi connectivity index (χ1n) is 19.7. The predicted molar refractivity (Wildman–Crippen MR) is 212 cm³/mol. The SMILES string of the molecule is CCC(NC(=O)CNC)C(=O)N1CCCC1Cc1c(-c2nc3cc(F)ccc3n2CC2CC(F)CN2C(=O)C(NC(=O)CNC)C(C)(C)C)[nH]c2cc(F)ccc12. The van der Waals surface area contributed by atoms with Crippen molar-refractivity contribution in [3.8, 4) is 11.5 Å². The average Bonchev–Trinajstić information content (AvgIpc) is 3.93. The summed E-state index contributed by atoms with van der Waals surface area (Å²) in [6.07, 6.45) is 0.928. The summed E-state index contributed by atoms with van der Waals surface area (Å²) in [6.45, 7) is 7.88. The van der Waals surface area contributed by atoms with E-state index in [0.717, 1.165) is 17.4 Å². The Morgan fingerprint density at radius 1 is 0.930 bits per heavy atom. The van der Waals surface area contributed by atoms with Crippen LogP contribution in [0.15, 0.2) is 36.4 Å². The number of aromatic amines is 1. The third-order valence-electron chi connectivity index (χ3n) is 11.1. The Morgan fingerprint density at radius 3 is 2.30 bits per heavy atom. The molecule has 5 N–H and O–H groups in total. The topological polar surface area (TPSA) is 156 Å². The maximum Gasteiger partial charge on any atom is 0.246 e. The van der Waals surface area contributed by atoms with Crippen molar-refractivity contribution in [2.24, 2.45) is 5.41 Å². The first-order valence-corrected chi connectivity index (χ1v) is 19.7. The van der Waals surface area contributed by atoms with Gasteiger partial charge in [0, 0.05) is 42.5 Å². The van der Waals surface area contributed by atoms with Gasteiger partial charge in [-0.25, -0.2) is 18.2 Å². The number of halogens is 3. The molecule has 0 bridgehead atoms. The van der Waals surface area contributed by atoms with E-state index in [1.807, 2.05) is 37.2 Å². The molecular formula is C41H54F3N9O4. The van der Waals surface area contributed by atoms with Gasteiger partial charge < -0.3 is 40.6 Å². The molecule has 0 radical (unpaired) electrons. The van der Waals surface area contributed by atoms with E-state index < -0.39 is 47.3 Å². The summed E-state index contributed by atoms with van der Waals surface area (Å²) < 4.78 is 46.8. The Balaban J connectivity index is 1.40. The Morgan fingerprint density at radius 2 is 1.61 bits per heavy atom. The summed E-state index contributed by atoms with van der Waals surface area (Å²) >= 11 is 0. The average molecular weight is 794 g/mol. The van der Waals surface area contributed by atoms with Crippen molar-refractivity contribution in [2.45, 2.75) is 96.7 Å². The number of H-pyrrole nitrogens is 1. The van der Waals surface area contributed by atoms with E-state index in [9.17, 15) is 28.0 Å². The van der Waals surface area contributed by atoms with E-state index in [0.29, 0.717) is 53.9 Å². The van der Waals surface area contributed by atoms with Crippen LogP contribution in [-0.4, -0.2) is 119 Å². The number of rotatable bonds is 14. The number of imidazole rings is 1. The largest absolute Gasteiger partial charge is 0.352 e. The lowest BCUT2D eigenvalue weighted by Crippen LogP contribution is -2.57. The molecule has 0 aliphatic carbocycles. The lowest BCUT2D eigenvalue weighted by atomic mass is 9.85. The van der Waals surface area contributed by atoms with Crippen LogP contribution in [0.25, 0.3) is 33.5 Å². The summed E-state index contributed by atoms with van der Waals surface area (Å²) in [5, 5.41) is 12.0. The molecule has 4 aromatic rings.